The molecule has 2 aromatic carbocycles. The van der Waals surface area contributed by atoms with E-state index < -0.39 is 5.82 Å². The van der Waals surface area contributed by atoms with E-state index >= 15 is 4.39 Å². The number of anilines is 1. The highest BCUT2D eigenvalue weighted by molar-refractivity contribution is 7.23. The molecular formula is C32H26FN7O2S. The summed E-state index contributed by atoms with van der Waals surface area (Å²) in [5.74, 6) is -0.483. The fourth-order valence-electron chi connectivity index (χ4n) is 4.88. The number of nitrogen functional groups attached to an aromatic ring is 1. The third kappa shape index (κ3) is 5.45. The van der Waals surface area contributed by atoms with Gasteiger partial charge >= 0.3 is 6.01 Å². The predicted octanol–water partition coefficient (Wildman–Crippen LogP) is 6.45. The Morgan fingerprint density at radius 3 is 2.63 bits per heavy atom. The number of aryl methyl sites for hydroxylation is 2. The number of rotatable bonds is 8. The van der Waals surface area contributed by atoms with Crippen molar-refractivity contribution in [3.05, 3.63) is 103 Å². The highest BCUT2D eigenvalue weighted by Crippen LogP contribution is 2.50. The molecule has 6 aromatic rings. The van der Waals surface area contributed by atoms with E-state index in [0.29, 0.717) is 17.9 Å². The van der Waals surface area contributed by atoms with Gasteiger partial charge in [-0.1, -0.05) is 30.8 Å². The van der Waals surface area contributed by atoms with Gasteiger partial charge in [0.15, 0.2) is 11.6 Å². The molecule has 0 unspecified atom stereocenters. The van der Waals surface area contributed by atoms with Crippen LogP contribution >= 0.6 is 11.3 Å². The molecular weight excluding hydrogens is 565 g/mol. The van der Waals surface area contributed by atoms with Gasteiger partial charge in [-0.25, -0.2) is 19.3 Å². The lowest BCUT2D eigenvalue weighted by Crippen LogP contribution is -2.19. The summed E-state index contributed by atoms with van der Waals surface area (Å²) in [4.78, 5) is 25.2. The van der Waals surface area contributed by atoms with Crippen molar-refractivity contribution in [2.24, 2.45) is 7.05 Å². The second-order valence-corrected chi connectivity index (χ2v) is 10.8. The Labute approximate surface area is 250 Å². The third-order valence-electron chi connectivity index (χ3n) is 6.91. The Morgan fingerprint density at radius 2 is 1.93 bits per heavy atom. The van der Waals surface area contributed by atoms with E-state index in [1.165, 1.54) is 24.5 Å². The van der Waals surface area contributed by atoms with Crippen LogP contribution in [0.4, 0.5) is 10.2 Å². The summed E-state index contributed by atoms with van der Waals surface area (Å²) in [5.41, 5.74) is 12.5. The SMILES string of the molecule is C=CC(=O)NCc1ccc(-c2sc3c(-c4cnn(C)c4)cnc(N)c3c2-c2ccc(Oc3ncccn3)c(F)c2)c(C)c1. The number of aromatic nitrogens is 5. The number of hydrogen-bond acceptors (Lipinski definition) is 8. The van der Waals surface area contributed by atoms with Crippen molar-refractivity contribution in [3.8, 4) is 44.5 Å². The molecule has 11 heteroatoms. The number of pyridine rings is 1. The molecule has 214 valence electrons. The van der Waals surface area contributed by atoms with Gasteiger partial charge in [0.05, 0.1) is 6.20 Å². The summed E-state index contributed by atoms with van der Waals surface area (Å²) in [6.45, 7) is 5.87. The summed E-state index contributed by atoms with van der Waals surface area (Å²) in [6.07, 6.45) is 9.73. The van der Waals surface area contributed by atoms with Crippen LogP contribution in [0.15, 0.2) is 86.1 Å². The second-order valence-electron chi connectivity index (χ2n) is 9.82. The third-order valence-corrected chi connectivity index (χ3v) is 8.17. The normalized spacial score (nSPS) is 11.0. The van der Waals surface area contributed by atoms with Crippen LogP contribution in [0.5, 0.6) is 11.8 Å². The zero-order chi connectivity index (χ0) is 30.1. The molecule has 43 heavy (non-hydrogen) atoms. The molecule has 0 fully saturated rings. The van der Waals surface area contributed by atoms with Gasteiger partial charge in [0.2, 0.25) is 5.91 Å². The van der Waals surface area contributed by atoms with E-state index in [-0.39, 0.29) is 17.7 Å². The van der Waals surface area contributed by atoms with E-state index in [1.807, 2.05) is 38.4 Å². The number of nitrogens with zero attached hydrogens (tertiary/aromatic N) is 5. The number of benzene rings is 2. The first-order valence-corrected chi connectivity index (χ1v) is 14.1. The summed E-state index contributed by atoms with van der Waals surface area (Å²) >= 11 is 1.56. The predicted molar refractivity (Wildman–Crippen MR) is 166 cm³/mol. The number of halogens is 1. The zero-order valence-electron chi connectivity index (χ0n) is 23.3. The van der Waals surface area contributed by atoms with Gasteiger partial charge in [0.1, 0.15) is 5.82 Å². The van der Waals surface area contributed by atoms with Crippen LogP contribution in [0.25, 0.3) is 42.8 Å². The number of thiophene rings is 1. The molecule has 0 atom stereocenters. The smallest absolute Gasteiger partial charge is 0.321 e. The first-order chi connectivity index (χ1) is 20.8. The Bertz CT molecular complexity index is 2000. The zero-order valence-corrected chi connectivity index (χ0v) is 24.2. The molecule has 0 aliphatic carbocycles. The average Bonchev–Trinajstić information content (AvgIpc) is 3.62. The number of ether oxygens (including phenoxy) is 1. The Morgan fingerprint density at radius 1 is 1.12 bits per heavy atom. The first kappa shape index (κ1) is 27.7. The molecule has 1 amide bonds. The molecule has 4 aromatic heterocycles. The molecule has 0 saturated heterocycles. The van der Waals surface area contributed by atoms with E-state index in [4.69, 9.17) is 10.5 Å². The van der Waals surface area contributed by atoms with Crippen molar-refractivity contribution in [1.29, 1.82) is 0 Å². The maximum absolute atomic E-state index is 15.5. The van der Waals surface area contributed by atoms with Crippen molar-refractivity contribution in [2.45, 2.75) is 13.5 Å². The van der Waals surface area contributed by atoms with Gasteiger partial charge in [-0.2, -0.15) is 5.10 Å². The number of nitrogens with one attached hydrogen (secondary N) is 1. The van der Waals surface area contributed by atoms with E-state index in [1.54, 1.807) is 46.6 Å². The monoisotopic (exact) mass is 591 g/mol. The number of hydrogen-bond donors (Lipinski definition) is 2. The quantitative estimate of drug-likeness (QED) is 0.195. The summed E-state index contributed by atoms with van der Waals surface area (Å²) in [7, 11) is 1.85. The second kappa shape index (κ2) is 11.5. The van der Waals surface area contributed by atoms with E-state index in [0.717, 1.165) is 48.3 Å². The van der Waals surface area contributed by atoms with Crippen LogP contribution < -0.4 is 15.8 Å². The summed E-state index contributed by atoms with van der Waals surface area (Å²) < 4.78 is 23.8. The minimum atomic E-state index is -0.574. The lowest BCUT2D eigenvalue weighted by molar-refractivity contribution is -0.116. The van der Waals surface area contributed by atoms with Crippen molar-refractivity contribution < 1.29 is 13.9 Å². The highest BCUT2D eigenvalue weighted by Gasteiger charge is 2.24. The maximum Gasteiger partial charge on any atom is 0.321 e. The fraction of sp³-hybridized carbons (Fsp3) is 0.0938. The first-order valence-electron chi connectivity index (χ1n) is 13.3. The van der Waals surface area contributed by atoms with Crippen LogP contribution in [-0.4, -0.2) is 30.6 Å². The van der Waals surface area contributed by atoms with Gasteiger partial charge in [-0.05, 0) is 53.5 Å². The Kier molecular flexibility index (Phi) is 7.39. The van der Waals surface area contributed by atoms with E-state index in [9.17, 15) is 4.79 Å². The van der Waals surface area contributed by atoms with Crippen LogP contribution in [0.3, 0.4) is 0 Å². The lowest BCUT2D eigenvalue weighted by Gasteiger charge is -2.12. The minimum absolute atomic E-state index is 0.000265. The van der Waals surface area contributed by atoms with Crippen LogP contribution in [0.1, 0.15) is 11.1 Å². The molecule has 0 radical (unpaired) electrons. The van der Waals surface area contributed by atoms with Crippen LogP contribution in [0.2, 0.25) is 0 Å². The van der Waals surface area contributed by atoms with Crippen molar-refractivity contribution in [1.82, 2.24) is 30.0 Å². The van der Waals surface area contributed by atoms with Crippen LogP contribution in [-0.2, 0) is 18.4 Å². The standard InChI is InChI=1S/C32H26FN7O2S/c1-4-26(41)37-14-19-6-8-22(18(2)12-19)29-27(20-7-9-25(24(33)13-20)42-32-35-10-5-11-36-32)28-30(43-29)23(16-38-31(28)34)21-15-39-40(3)17-21/h4-13,15-17H,1,14H2,2-3H3,(H2,34,38)(H,37,41). The molecule has 0 aliphatic heterocycles. The van der Waals surface area contributed by atoms with Gasteiger partial charge in [-0.15, -0.1) is 11.3 Å². The van der Waals surface area contributed by atoms with Crippen molar-refractivity contribution >= 4 is 33.1 Å². The average molecular weight is 592 g/mol. The van der Waals surface area contributed by atoms with Gasteiger partial charge in [-0.3, -0.25) is 9.48 Å². The number of carbonyl (C=O) groups is 1. The number of fused-ring (bicyclic) bond motifs is 1. The van der Waals surface area contributed by atoms with Crippen LogP contribution in [0, 0.1) is 12.7 Å². The van der Waals surface area contributed by atoms with Crippen molar-refractivity contribution in [3.63, 3.8) is 0 Å². The molecule has 4 heterocycles. The van der Waals surface area contributed by atoms with Gasteiger partial charge in [0.25, 0.3) is 0 Å². The van der Waals surface area contributed by atoms with Gasteiger partial charge in [0, 0.05) is 70.0 Å². The molecule has 6 rings (SSSR count). The maximum atomic E-state index is 15.5. The minimum Gasteiger partial charge on any atom is -0.421 e. The summed E-state index contributed by atoms with van der Waals surface area (Å²) in [5, 5.41) is 7.87. The number of nitrogens with two attached hydrogens (primary N) is 1. The Balaban J connectivity index is 1.53. The van der Waals surface area contributed by atoms with E-state index in [2.05, 4.69) is 31.9 Å². The molecule has 9 nitrogen and oxygen atoms in total. The number of carbonyl (C=O) groups excluding carboxylic acids is 1. The molecule has 0 aliphatic rings. The topological polar surface area (TPSA) is 121 Å². The molecule has 0 saturated carbocycles. The van der Waals surface area contributed by atoms with Crippen molar-refractivity contribution in [2.75, 3.05) is 5.73 Å². The van der Waals surface area contributed by atoms with Gasteiger partial charge < -0.3 is 15.8 Å². The largest absolute Gasteiger partial charge is 0.421 e. The summed E-state index contributed by atoms with van der Waals surface area (Å²) in [6, 6.07) is 12.5. The fourth-order valence-corrected chi connectivity index (χ4v) is 6.34. The number of amides is 1. The Hall–Kier alpha value is -5.42. The highest BCUT2D eigenvalue weighted by atomic mass is 32.1. The molecule has 0 bridgehead atoms. The molecule has 0 spiro atoms. The molecule has 3 N–H and O–H groups in total. The lowest BCUT2D eigenvalue weighted by atomic mass is 9.95.